The summed E-state index contributed by atoms with van der Waals surface area (Å²) in [5.41, 5.74) is 8.56. The number of rotatable bonds is 4. The number of pyridine rings is 3. The van der Waals surface area contributed by atoms with Gasteiger partial charge in [-0.05, 0) is 23.6 Å². The van der Waals surface area contributed by atoms with Gasteiger partial charge in [0.15, 0.2) is 11.5 Å². The summed E-state index contributed by atoms with van der Waals surface area (Å²) in [6, 6.07) is 9.41. The molecule has 0 fully saturated rings. The summed E-state index contributed by atoms with van der Waals surface area (Å²) in [5.74, 6) is 2.20. The van der Waals surface area contributed by atoms with Crippen molar-refractivity contribution in [1.29, 1.82) is 0 Å². The number of nitrogen functional groups attached to an aromatic ring is 1. The first-order chi connectivity index (χ1) is 13.1. The Balaban J connectivity index is 1.99. The van der Waals surface area contributed by atoms with Gasteiger partial charge in [-0.2, -0.15) is 0 Å². The topological polar surface area (TPSA) is 92.4 Å². The van der Waals surface area contributed by atoms with E-state index in [-0.39, 0.29) is 0 Å². The molecule has 0 aliphatic carbocycles. The normalized spacial score (nSPS) is 10.9. The molecule has 0 aliphatic rings. The molecule has 4 aromatic rings. The van der Waals surface area contributed by atoms with Gasteiger partial charge in [0.1, 0.15) is 5.82 Å². The highest BCUT2D eigenvalue weighted by Crippen LogP contribution is 2.36. The Morgan fingerprint density at radius 2 is 1.56 bits per heavy atom. The average Bonchev–Trinajstić information content (AvgIpc) is 2.72. The summed E-state index contributed by atoms with van der Waals surface area (Å²) in [6.45, 7) is 0. The molecule has 4 rings (SSSR count). The number of ether oxygens (including phenoxy) is 3. The van der Waals surface area contributed by atoms with Crippen molar-refractivity contribution in [2.75, 3.05) is 27.1 Å². The van der Waals surface area contributed by atoms with Crippen LogP contribution in [0.5, 0.6) is 17.4 Å². The molecule has 7 heteroatoms. The summed E-state index contributed by atoms with van der Waals surface area (Å²) in [5, 5.41) is 2.61. The molecular weight excluding hydrogens is 344 g/mol. The van der Waals surface area contributed by atoms with Crippen LogP contribution in [-0.2, 0) is 0 Å². The Morgan fingerprint density at radius 3 is 2.22 bits per heavy atom. The number of hydrogen-bond acceptors (Lipinski definition) is 7. The third kappa shape index (κ3) is 2.83. The molecule has 7 nitrogen and oxygen atoms in total. The fourth-order valence-electron chi connectivity index (χ4n) is 3.06. The quantitative estimate of drug-likeness (QED) is 0.556. The fraction of sp³-hybridized carbons (Fsp3) is 0.150. The van der Waals surface area contributed by atoms with Gasteiger partial charge >= 0.3 is 0 Å². The summed E-state index contributed by atoms with van der Waals surface area (Å²) in [7, 11) is 4.78. The van der Waals surface area contributed by atoms with Crippen LogP contribution in [0.1, 0.15) is 0 Å². The average molecular weight is 362 g/mol. The zero-order valence-corrected chi connectivity index (χ0v) is 15.2. The van der Waals surface area contributed by atoms with Crippen LogP contribution < -0.4 is 19.9 Å². The SMILES string of the molecule is COc1ccc(-c2cc3c(cnc4cc(OC)c(OC)cc43)c(N)n2)cn1. The molecule has 0 saturated carbocycles. The Kier molecular flexibility index (Phi) is 4.12. The van der Waals surface area contributed by atoms with Gasteiger partial charge in [0, 0.05) is 40.9 Å². The van der Waals surface area contributed by atoms with Crippen molar-refractivity contribution >= 4 is 27.5 Å². The number of methoxy groups -OCH3 is 3. The van der Waals surface area contributed by atoms with Gasteiger partial charge in [-0.3, -0.25) is 4.98 Å². The van der Waals surface area contributed by atoms with Crippen molar-refractivity contribution in [3.8, 4) is 28.6 Å². The third-order valence-electron chi connectivity index (χ3n) is 4.45. The predicted octanol–water partition coefficient (Wildman–Crippen LogP) is 3.45. The van der Waals surface area contributed by atoms with E-state index in [0.29, 0.717) is 23.2 Å². The number of benzene rings is 1. The van der Waals surface area contributed by atoms with Crippen molar-refractivity contribution in [3.05, 3.63) is 42.7 Å². The van der Waals surface area contributed by atoms with Crippen LogP contribution in [0.2, 0.25) is 0 Å². The van der Waals surface area contributed by atoms with Crippen molar-refractivity contribution in [2.24, 2.45) is 0 Å². The van der Waals surface area contributed by atoms with Crippen LogP contribution in [0.25, 0.3) is 32.9 Å². The largest absolute Gasteiger partial charge is 0.493 e. The van der Waals surface area contributed by atoms with E-state index < -0.39 is 0 Å². The molecule has 136 valence electrons. The van der Waals surface area contributed by atoms with Crippen LogP contribution in [0, 0.1) is 0 Å². The maximum Gasteiger partial charge on any atom is 0.212 e. The minimum absolute atomic E-state index is 0.405. The van der Waals surface area contributed by atoms with E-state index in [0.717, 1.165) is 32.9 Å². The van der Waals surface area contributed by atoms with Gasteiger partial charge < -0.3 is 19.9 Å². The van der Waals surface area contributed by atoms with Crippen LogP contribution in [0.15, 0.2) is 42.7 Å². The number of anilines is 1. The van der Waals surface area contributed by atoms with E-state index in [1.54, 1.807) is 39.8 Å². The molecule has 0 unspecified atom stereocenters. The lowest BCUT2D eigenvalue weighted by molar-refractivity contribution is 0.356. The van der Waals surface area contributed by atoms with Gasteiger partial charge in [-0.1, -0.05) is 0 Å². The van der Waals surface area contributed by atoms with E-state index >= 15 is 0 Å². The Hall–Kier alpha value is -3.61. The van der Waals surface area contributed by atoms with E-state index in [4.69, 9.17) is 19.9 Å². The minimum atomic E-state index is 0.405. The monoisotopic (exact) mass is 362 g/mol. The van der Waals surface area contributed by atoms with Crippen LogP contribution >= 0.6 is 0 Å². The first kappa shape index (κ1) is 16.8. The maximum atomic E-state index is 6.22. The van der Waals surface area contributed by atoms with Crippen molar-refractivity contribution in [1.82, 2.24) is 15.0 Å². The summed E-state index contributed by atoms with van der Waals surface area (Å²) in [6.07, 6.45) is 3.43. The molecule has 3 heterocycles. The number of aromatic nitrogens is 3. The predicted molar refractivity (Wildman–Crippen MR) is 104 cm³/mol. The van der Waals surface area contributed by atoms with Gasteiger partial charge in [-0.25, -0.2) is 9.97 Å². The molecule has 0 spiro atoms. The van der Waals surface area contributed by atoms with Crippen LogP contribution in [0.3, 0.4) is 0 Å². The second-order valence-corrected chi connectivity index (χ2v) is 5.93. The number of fused-ring (bicyclic) bond motifs is 3. The lowest BCUT2D eigenvalue weighted by Crippen LogP contribution is -1.97. The standard InChI is InChI=1S/C20H18N4O3/c1-25-17-7-13-12-6-15(11-4-5-19(27-3)23-9-11)24-20(21)14(12)10-22-16(13)8-18(17)26-2/h4-10H,1-3H3,(H2,21,24). The highest BCUT2D eigenvalue weighted by atomic mass is 16.5. The lowest BCUT2D eigenvalue weighted by Gasteiger charge is -2.12. The molecule has 27 heavy (non-hydrogen) atoms. The molecule has 3 aromatic heterocycles. The second kappa shape index (κ2) is 6.60. The first-order valence-corrected chi connectivity index (χ1v) is 8.26. The summed E-state index contributed by atoms with van der Waals surface area (Å²) >= 11 is 0. The Labute approximate surface area is 155 Å². The summed E-state index contributed by atoms with van der Waals surface area (Å²) < 4.78 is 15.9. The summed E-state index contributed by atoms with van der Waals surface area (Å²) in [4.78, 5) is 13.2. The smallest absolute Gasteiger partial charge is 0.212 e. The lowest BCUT2D eigenvalue weighted by atomic mass is 10.0. The minimum Gasteiger partial charge on any atom is -0.493 e. The van der Waals surface area contributed by atoms with E-state index in [9.17, 15) is 0 Å². The van der Waals surface area contributed by atoms with Crippen LogP contribution in [-0.4, -0.2) is 36.3 Å². The van der Waals surface area contributed by atoms with E-state index in [1.807, 2.05) is 24.3 Å². The molecule has 0 bridgehead atoms. The van der Waals surface area contributed by atoms with Gasteiger partial charge in [0.25, 0.3) is 0 Å². The Bertz CT molecular complexity index is 1140. The van der Waals surface area contributed by atoms with Crippen molar-refractivity contribution in [2.45, 2.75) is 0 Å². The highest BCUT2D eigenvalue weighted by molar-refractivity contribution is 6.10. The van der Waals surface area contributed by atoms with Gasteiger partial charge in [0.2, 0.25) is 5.88 Å². The van der Waals surface area contributed by atoms with Gasteiger partial charge in [0.05, 0.1) is 32.5 Å². The number of nitrogens with zero attached hydrogens (tertiary/aromatic N) is 3. The molecule has 1 aromatic carbocycles. The molecule has 0 aliphatic heterocycles. The maximum absolute atomic E-state index is 6.22. The van der Waals surface area contributed by atoms with Crippen molar-refractivity contribution < 1.29 is 14.2 Å². The number of nitrogens with two attached hydrogens (primary N) is 1. The molecule has 0 radical (unpaired) electrons. The second-order valence-electron chi connectivity index (χ2n) is 5.93. The molecular formula is C20H18N4O3. The fourth-order valence-corrected chi connectivity index (χ4v) is 3.06. The third-order valence-corrected chi connectivity index (χ3v) is 4.45. The highest BCUT2D eigenvalue weighted by Gasteiger charge is 2.13. The first-order valence-electron chi connectivity index (χ1n) is 8.26. The zero-order valence-electron chi connectivity index (χ0n) is 15.2. The van der Waals surface area contributed by atoms with Gasteiger partial charge in [-0.15, -0.1) is 0 Å². The Morgan fingerprint density at radius 1 is 0.778 bits per heavy atom. The van der Waals surface area contributed by atoms with E-state index in [1.165, 1.54) is 0 Å². The zero-order chi connectivity index (χ0) is 19.0. The van der Waals surface area contributed by atoms with Crippen LogP contribution in [0.4, 0.5) is 5.82 Å². The van der Waals surface area contributed by atoms with E-state index in [2.05, 4.69) is 15.0 Å². The van der Waals surface area contributed by atoms with Crippen molar-refractivity contribution in [3.63, 3.8) is 0 Å². The molecule has 0 saturated heterocycles. The molecule has 0 atom stereocenters. The number of hydrogen-bond donors (Lipinski definition) is 1. The molecule has 2 N–H and O–H groups in total. The molecule has 0 amide bonds.